The Morgan fingerprint density at radius 2 is 2.23 bits per heavy atom. The Labute approximate surface area is 133 Å². The number of pyridine rings is 1. The average Bonchev–Trinajstić information content (AvgIpc) is 3.20. The number of sulfonamides is 1. The molecule has 2 fully saturated rings. The van der Waals surface area contributed by atoms with Crippen molar-refractivity contribution < 1.29 is 8.42 Å². The lowest BCUT2D eigenvalue weighted by molar-refractivity contribution is 0.338. The standard InChI is InChI=1S/C14H17ClN4O2S/c15-10-5-11-12(7-18-13(11)17-6-10)22(20,21)19-4-2-14(9-19)1-3-16-8-14/h5-7,16H,1-4,8-9H2,(H,17,18). The predicted octanol–water partition coefficient (Wildman–Crippen LogP) is 1.59. The highest BCUT2D eigenvalue weighted by Gasteiger charge is 2.44. The van der Waals surface area contributed by atoms with Gasteiger partial charge in [0.15, 0.2) is 0 Å². The third-order valence-corrected chi connectivity index (χ3v) is 6.90. The number of H-pyrrole nitrogens is 1. The molecule has 0 bridgehead atoms. The molecule has 6 nitrogen and oxygen atoms in total. The van der Waals surface area contributed by atoms with Crippen molar-refractivity contribution in [3.8, 4) is 0 Å². The summed E-state index contributed by atoms with van der Waals surface area (Å²) in [6.07, 6.45) is 4.98. The van der Waals surface area contributed by atoms with Gasteiger partial charge in [-0.15, -0.1) is 0 Å². The minimum Gasteiger partial charge on any atom is -0.345 e. The van der Waals surface area contributed by atoms with E-state index >= 15 is 0 Å². The predicted molar refractivity (Wildman–Crippen MR) is 84.4 cm³/mol. The highest BCUT2D eigenvalue weighted by Crippen LogP contribution is 2.39. The second kappa shape index (κ2) is 4.92. The summed E-state index contributed by atoms with van der Waals surface area (Å²) < 4.78 is 27.6. The van der Waals surface area contributed by atoms with Crippen LogP contribution < -0.4 is 5.32 Å². The van der Waals surface area contributed by atoms with Crippen molar-refractivity contribution in [1.29, 1.82) is 0 Å². The summed E-state index contributed by atoms with van der Waals surface area (Å²) in [4.78, 5) is 7.31. The van der Waals surface area contributed by atoms with Gasteiger partial charge in [0.2, 0.25) is 10.0 Å². The summed E-state index contributed by atoms with van der Waals surface area (Å²) >= 11 is 5.96. The Bertz CT molecular complexity index is 826. The molecule has 118 valence electrons. The van der Waals surface area contributed by atoms with Crippen LogP contribution in [0.15, 0.2) is 23.4 Å². The molecule has 2 aromatic heterocycles. The van der Waals surface area contributed by atoms with Gasteiger partial charge in [-0.1, -0.05) is 11.6 Å². The minimum absolute atomic E-state index is 0.106. The van der Waals surface area contributed by atoms with E-state index in [1.165, 1.54) is 12.4 Å². The Balaban J connectivity index is 1.72. The van der Waals surface area contributed by atoms with Gasteiger partial charge >= 0.3 is 0 Å². The van der Waals surface area contributed by atoms with E-state index in [0.717, 1.165) is 25.9 Å². The van der Waals surface area contributed by atoms with Gasteiger partial charge in [0.1, 0.15) is 10.5 Å². The van der Waals surface area contributed by atoms with Crippen LogP contribution in [0.5, 0.6) is 0 Å². The van der Waals surface area contributed by atoms with Crippen LogP contribution in [0.2, 0.25) is 5.02 Å². The summed E-state index contributed by atoms with van der Waals surface area (Å²) in [6, 6.07) is 1.65. The fraction of sp³-hybridized carbons (Fsp3) is 0.500. The summed E-state index contributed by atoms with van der Waals surface area (Å²) in [5.74, 6) is 0. The van der Waals surface area contributed by atoms with Crippen LogP contribution in [0.3, 0.4) is 0 Å². The number of aromatic nitrogens is 2. The van der Waals surface area contributed by atoms with Crippen LogP contribution in [-0.2, 0) is 10.0 Å². The monoisotopic (exact) mass is 340 g/mol. The fourth-order valence-corrected chi connectivity index (χ4v) is 5.40. The van der Waals surface area contributed by atoms with E-state index in [0.29, 0.717) is 29.1 Å². The van der Waals surface area contributed by atoms with Gasteiger partial charge in [-0.2, -0.15) is 4.31 Å². The molecule has 2 N–H and O–H groups in total. The maximum atomic E-state index is 13.0. The molecular weight excluding hydrogens is 324 g/mol. The first kappa shape index (κ1) is 14.4. The maximum Gasteiger partial charge on any atom is 0.245 e. The number of hydrogen-bond donors (Lipinski definition) is 2. The van der Waals surface area contributed by atoms with Crippen molar-refractivity contribution in [2.45, 2.75) is 17.7 Å². The molecule has 0 saturated carbocycles. The zero-order valence-electron chi connectivity index (χ0n) is 12.0. The Hall–Kier alpha value is -1.15. The van der Waals surface area contributed by atoms with Crippen LogP contribution in [0.1, 0.15) is 12.8 Å². The first-order valence-electron chi connectivity index (χ1n) is 7.34. The lowest BCUT2D eigenvalue weighted by Gasteiger charge is -2.22. The van der Waals surface area contributed by atoms with Gasteiger partial charge in [-0.05, 0) is 30.9 Å². The molecule has 4 rings (SSSR count). The van der Waals surface area contributed by atoms with E-state index in [9.17, 15) is 8.42 Å². The lowest BCUT2D eigenvalue weighted by Crippen LogP contribution is -2.33. The number of hydrogen-bond acceptors (Lipinski definition) is 4. The molecule has 1 atom stereocenters. The van der Waals surface area contributed by atoms with Crippen molar-refractivity contribution in [3.63, 3.8) is 0 Å². The highest BCUT2D eigenvalue weighted by molar-refractivity contribution is 7.89. The SMILES string of the molecule is O=S(=O)(c1c[nH]c2ncc(Cl)cc12)N1CCC2(CCNC2)C1. The van der Waals surface area contributed by atoms with E-state index in [1.54, 1.807) is 10.4 Å². The topological polar surface area (TPSA) is 78.1 Å². The molecule has 2 aliphatic rings. The van der Waals surface area contributed by atoms with Crippen LogP contribution in [-0.4, -0.2) is 48.9 Å². The number of aromatic amines is 1. The van der Waals surface area contributed by atoms with Gasteiger partial charge in [-0.25, -0.2) is 13.4 Å². The van der Waals surface area contributed by atoms with Gasteiger partial charge < -0.3 is 10.3 Å². The zero-order chi connectivity index (χ0) is 15.4. The second-order valence-electron chi connectivity index (χ2n) is 6.22. The molecule has 0 aliphatic carbocycles. The molecule has 0 aromatic carbocycles. The van der Waals surface area contributed by atoms with Crippen molar-refractivity contribution >= 4 is 32.7 Å². The van der Waals surface area contributed by atoms with Gasteiger partial charge in [-0.3, -0.25) is 0 Å². The van der Waals surface area contributed by atoms with Crippen molar-refractivity contribution in [2.24, 2.45) is 5.41 Å². The molecule has 0 amide bonds. The average molecular weight is 341 g/mol. The van der Waals surface area contributed by atoms with E-state index in [2.05, 4.69) is 15.3 Å². The Kier molecular flexibility index (Phi) is 3.23. The number of fused-ring (bicyclic) bond motifs is 1. The van der Waals surface area contributed by atoms with E-state index in [1.807, 2.05) is 0 Å². The lowest BCUT2D eigenvalue weighted by atomic mass is 9.87. The molecule has 0 radical (unpaired) electrons. The first-order valence-corrected chi connectivity index (χ1v) is 9.16. The fourth-order valence-electron chi connectivity index (χ4n) is 3.55. The molecule has 22 heavy (non-hydrogen) atoms. The maximum absolute atomic E-state index is 13.0. The molecule has 4 heterocycles. The van der Waals surface area contributed by atoms with E-state index in [4.69, 9.17) is 11.6 Å². The molecular formula is C14H17ClN4O2S. The highest BCUT2D eigenvalue weighted by atomic mass is 35.5. The van der Waals surface area contributed by atoms with Crippen LogP contribution >= 0.6 is 11.6 Å². The van der Waals surface area contributed by atoms with Gasteiger partial charge in [0.05, 0.1) is 5.02 Å². The zero-order valence-corrected chi connectivity index (χ0v) is 13.5. The number of rotatable bonds is 2. The Morgan fingerprint density at radius 1 is 1.36 bits per heavy atom. The van der Waals surface area contributed by atoms with Crippen LogP contribution in [0.4, 0.5) is 0 Å². The largest absolute Gasteiger partial charge is 0.345 e. The number of halogens is 1. The quantitative estimate of drug-likeness (QED) is 0.870. The van der Waals surface area contributed by atoms with Gasteiger partial charge in [0, 0.05) is 37.4 Å². The number of nitrogens with one attached hydrogen (secondary N) is 2. The van der Waals surface area contributed by atoms with Crippen LogP contribution in [0, 0.1) is 5.41 Å². The molecule has 8 heteroatoms. The van der Waals surface area contributed by atoms with Crippen molar-refractivity contribution in [2.75, 3.05) is 26.2 Å². The third-order valence-electron chi connectivity index (χ3n) is 4.81. The first-order chi connectivity index (χ1) is 10.5. The summed E-state index contributed by atoms with van der Waals surface area (Å²) in [5.41, 5.74) is 0.647. The summed E-state index contributed by atoms with van der Waals surface area (Å²) in [6.45, 7) is 3.04. The smallest absolute Gasteiger partial charge is 0.245 e. The van der Waals surface area contributed by atoms with E-state index in [-0.39, 0.29) is 10.3 Å². The molecule has 2 aliphatic heterocycles. The van der Waals surface area contributed by atoms with Crippen molar-refractivity contribution in [3.05, 3.63) is 23.5 Å². The van der Waals surface area contributed by atoms with E-state index < -0.39 is 10.0 Å². The van der Waals surface area contributed by atoms with Crippen LogP contribution in [0.25, 0.3) is 11.0 Å². The third kappa shape index (κ3) is 2.15. The summed E-state index contributed by atoms with van der Waals surface area (Å²) in [5, 5.41) is 4.33. The molecule has 1 unspecified atom stereocenters. The van der Waals surface area contributed by atoms with Gasteiger partial charge in [0.25, 0.3) is 0 Å². The molecule has 2 saturated heterocycles. The van der Waals surface area contributed by atoms with Crippen molar-refractivity contribution in [1.82, 2.24) is 19.6 Å². The molecule has 2 aromatic rings. The molecule has 1 spiro atoms. The number of nitrogens with zero attached hydrogens (tertiary/aromatic N) is 2. The normalized spacial score (nSPS) is 26.4. The Morgan fingerprint density at radius 3 is 3.00 bits per heavy atom. The second-order valence-corrected chi connectivity index (χ2v) is 8.56. The summed E-state index contributed by atoms with van der Waals surface area (Å²) in [7, 11) is -3.53. The minimum atomic E-state index is -3.53.